The Hall–Kier alpha value is -2.69. The molecule has 0 bridgehead atoms. The first-order valence-electron chi connectivity index (χ1n) is 8.75. The average Bonchev–Trinajstić information content (AvgIpc) is 2.93. The van der Waals surface area contributed by atoms with E-state index >= 15 is 0 Å². The summed E-state index contributed by atoms with van der Waals surface area (Å²) in [4.78, 5) is 32.7. The normalized spacial score (nSPS) is 14.9. The van der Waals surface area contributed by atoms with Crippen molar-refractivity contribution >= 4 is 11.8 Å². The molecule has 0 spiro atoms. The number of hydrogen-bond acceptors (Lipinski definition) is 3. The fourth-order valence-corrected chi connectivity index (χ4v) is 3.10. The maximum atomic E-state index is 12.5. The SMILES string of the molecule is O=C(CCc1ccccc1)N1CCCN(C(=O)c2ccncc2)CC1. The van der Waals surface area contributed by atoms with Crippen LogP contribution < -0.4 is 0 Å². The van der Waals surface area contributed by atoms with E-state index < -0.39 is 0 Å². The Bertz CT molecular complexity index is 703. The van der Waals surface area contributed by atoms with Crippen molar-refractivity contribution in [2.24, 2.45) is 0 Å². The first-order chi connectivity index (χ1) is 12.2. The lowest BCUT2D eigenvalue weighted by molar-refractivity contribution is -0.131. The van der Waals surface area contributed by atoms with Gasteiger partial charge in [-0.15, -0.1) is 0 Å². The van der Waals surface area contributed by atoms with E-state index in [2.05, 4.69) is 4.98 Å². The van der Waals surface area contributed by atoms with Crippen molar-refractivity contribution in [2.45, 2.75) is 19.3 Å². The molecule has 130 valence electrons. The van der Waals surface area contributed by atoms with E-state index in [1.54, 1.807) is 24.5 Å². The molecule has 0 unspecified atom stereocenters. The van der Waals surface area contributed by atoms with Gasteiger partial charge in [0.25, 0.3) is 5.91 Å². The highest BCUT2D eigenvalue weighted by Crippen LogP contribution is 2.11. The Kier molecular flexibility index (Phi) is 5.77. The molecule has 5 heteroatoms. The number of benzene rings is 1. The average molecular weight is 337 g/mol. The molecule has 1 aliphatic rings. The summed E-state index contributed by atoms with van der Waals surface area (Å²) in [5.41, 5.74) is 1.83. The van der Waals surface area contributed by atoms with E-state index in [9.17, 15) is 9.59 Å². The first-order valence-corrected chi connectivity index (χ1v) is 8.75. The minimum Gasteiger partial charge on any atom is -0.341 e. The van der Waals surface area contributed by atoms with Crippen LogP contribution in [-0.4, -0.2) is 52.8 Å². The monoisotopic (exact) mass is 337 g/mol. The van der Waals surface area contributed by atoms with Gasteiger partial charge in [0.15, 0.2) is 0 Å². The van der Waals surface area contributed by atoms with Crippen LogP contribution in [0, 0.1) is 0 Å². The molecule has 1 fully saturated rings. The predicted molar refractivity (Wildman–Crippen MR) is 96.1 cm³/mol. The molecule has 0 N–H and O–H groups in total. The topological polar surface area (TPSA) is 53.5 Å². The summed E-state index contributed by atoms with van der Waals surface area (Å²) in [7, 11) is 0. The lowest BCUT2D eigenvalue weighted by Crippen LogP contribution is -2.37. The van der Waals surface area contributed by atoms with Gasteiger partial charge in [0.05, 0.1) is 0 Å². The fourth-order valence-electron chi connectivity index (χ4n) is 3.10. The van der Waals surface area contributed by atoms with Gasteiger partial charge in [0.2, 0.25) is 5.91 Å². The molecule has 1 aromatic heterocycles. The number of rotatable bonds is 4. The Morgan fingerprint density at radius 3 is 2.32 bits per heavy atom. The second-order valence-corrected chi connectivity index (χ2v) is 6.25. The van der Waals surface area contributed by atoms with Gasteiger partial charge in [-0.3, -0.25) is 14.6 Å². The minimum atomic E-state index is 0.0148. The molecule has 1 aromatic carbocycles. The number of pyridine rings is 1. The fraction of sp³-hybridized carbons (Fsp3) is 0.350. The highest BCUT2D eigenvalue weighted by atomic mass is 16.2. The standard InChI is InChI=1S/C20H23N3O2/c24-19(8-7-17-5-2-1-3-6-17)22-13-4-14-23(16-15-22)20(25)18-9-11-21-12-10-18/h1-3,5-6,9-12H,4,7-8,13-16H2. The van der Waals surface area contributed by atoms with Crippen LogP contribution in [0.25, 0.3) is 0 Å². The van der Waals surface area contributed by atoms with Gasteiger partial charge < -0.3 is 9.80 Å². The zero-order valence-corrected chi connectivity index (χ0v) is 14.3. The molecular weight excluding hydrogens is 314 g/mol. The third kappa shape index (κ3) is 4.66. The number of amides is 2. The third-order valence-electron chi connectivity index (χ3n) is 4.53. The van der Waals surface area contributed by atoms with Crippen molar-refractivity contribution in [3.63, 3.8) is 0 Å². The van der Waals surface area contributed by atoms with Crippen LogP contribution in [0.2, 0.25) is 0 Å². The second-order valence-electron chi connectivity index (χ2n) is 6.25. The summed E-state index contributed by atoms with van der Waals surface area (Å²) >= 11 is 0. The quantitative estimate of drug-likeness (QED) is 0.861. The molecule has 2 heterocycles. The summed E-state index contributed by atoms with van der Waals surface area (Å²) in [6.45, 7) is 2.58. The maximum Gasteiger partial charge on any atom is 0.254 e. The molecule has 1 aliphatic heterocycles. The number of hydrogen-bond donors (Lipinski definition) is 0. The number of nitrogens with zero attached hydrogens (tertiary/aromatic N) is 3. The lowest BCUT2D eigenvalue weighted by Gasteiger charge is -2.22. The van der Waals surface area contributed by atoms with Gasteiger partial charge in [0, 0.05) is 50.6 Å². The van der Waals surface area contributed by atoms with Crippen LogP contribution in [0.3, 0.4) is 0 Å². The molecule has 0 saturated carbocycles. The van der Waals surface area contributed by atoms with Gasteiger partial charge in [-0.25, -0.2) is 0 Å². The van der Waals surface area contributed by atoms with Gasteiger partial charge in [-0.2, -0.15) is 0 Å². The highest BCUT2D eigenvalue weighted by molar-refractivity contribution is 5.94. The molecule has 25 heavy (non-hydrogen) atoms. The molecule has 0 atom stereocenters. The zero-order chi connectivity index (χ0) is 17.5. The van der Waals surface area contributed by atoms with Gasteiger partial charge in [-0.1, -0.05) is 30.3 Å². The van der Waals surface area contributed by atoms with Crippen molar-refractivity contribution in [3.8, 4) is 0 Å². The molecule has 2 amide bonds. The summed E-state index contributed by atoms with van der Waals surface area (Å²) in [6.07, 6.45) is 5.35. The smallest absolute Gasteiger partial charge is 0.254 e. The number of carbonyl (C=O) groups excluding carboxylic acids is 2. The summed E-state index contributed by atoms with van der Waals surface area (Å²) in [6, 6.07) is 13.5. The lowest BCUT2D eigenvalue weighted by atomic mass is 10.1. The molecule has 0 aliphatic carbocycles. The second kappa shape index (κ2) is 8.42. The first kappa shape index (κ1) is 17.1. The van der Waals surface area contributed by atoms with E-state index in [0.717, 1.165) is 12.8 Å². The van der Waals surface area contributed by atoms with Crippen LogP contribution in [0.4, 0.5) is 0 Å². The van der Waals surface area contributed by atoms with E-state index in [1.165, 1.54) is 5.56 Å². The minimum absolute atomic E-state index is 0.0148. The Morgan fingerprint density at radius 1 is 0.880 bits per heavy atom. The van der Waals surface area contributed by atoms with Crippen LogP contribution in [-0.2, 0) is 11.2 Å². The van der Waals surface area contributed by atoms with Gasteiger partial charge in [0.1, 0.15) is 0 Å². The van der Waals surface area contributed by atoms with Crippen molar-refractivity contribution in [2.75, 3.05) is 26.2 Å². The number of carbonyl (C=O) groups is 2. The molecule has 3 rings (SSSR count). The largest absolute Gasteiger partial charge is 0.341 e. The van der Waals surface area contributed by atoms with Crippen molar-refractivity contribution in [1.29, 1.82) is 0 Å². The van der Waals surface area contributed by atoms with Crippen molar-refractivity contribution in [1.82, 2.24) is 14.8 Å². The summed E-state index contributed by atoms with van der Waals surface area (Å²) < 4.78 is 0. The summed E-state index contributed by atoms with van der Waals surface area (Å²) in [5.74, 6) is 0.183. The molecule has 0 radical (unpaired) electrons. The van der Waals surface area contributed by atoms with Crippen molar-refractivity contribution < 1.29 is 9.59 Å². The summed E-state index contributed by atoms with van der Waals surface area (Å²) in [5, 5.41) is 0. The molecular formula is C20H23N3O2. The van der Waals surface area contributed by atoms with Crippen LogP contribution in [0.15, 0.2) is 54.9 Å². The Labute approximate surface area is 148 Å². The van der Waals surface area contributed by atoms with Crippen LogP contribution in [0.1, 0.15) is 28.8 Å². The Balaban J connectivity index is 1.52. The zero-order valence-electron chi connectivity index (χ0n) is 14.3. The molecule has 1 saturated heterocycles. The predicted octanol–water partition coefficient (Wildman–Crippen LogP) is 2.39. The van der Waals surface area contributed by atoms with E-state index in [-0.39, 0.29) is 11.8 Å². The third-order valence-corrected chi connectivity index (χ3v) is 4.53. The van der Waals surface area contributed by atoms with Crippen molar-refractivity contribution in [3.05, 3.63) is 66.0 Å². The van der Waals surface area contributed by atoms with Crippen LogP contribution >= 0.6 is 0 Å². The van der Waals surface area contributed by atoms with Gasteiger partial charge >= 0.3 is 0 Å². The number of aryl methyl sites for hydroxylation is 1. The number of aromatic nitrogens is 1. The van der Waals surface area contributed by atoms with E-state index in [4.69, 9.17) is 0 Å². The molecule has 2 aromatic rings. The van der Waals surface area contributed by atoms with E-state index in [1.807, 2.05) is 40.1 Å². The van der Waals surface area contributed by atoms with Crippen LogP contribution in [0.5, 0.6) is 0 Å². The molecule has 5 nitrogen and oxygen atoms in total. The van der Waals surface area contributed by atoms with E-state index in [0.29, 0.717) is 38.2 Å². The Morgan fingerprint density at radius 2 is 1.56 bits per heavy atom. The highest BCUT2D eigenvalue weighted by Gasteiger charge is 2.22. The maximum absolute atomic E-state index is 12.5. The van der Waals surface area contributed by atoms with Gasteiger partial charge in [-0.05, 0) is 30.5 Å².